The van der Waals surface area contributed by atoms with E-state index in [1.165, 1.54) is 0 Å². The molecule has 0 aliphatic rings. The number of carbonyl (C=O) groups is 1. The lowest BCUT2D eigenvalue weighted by molar-refractivity contribution is -0.121. The molecule has 0 aliphatic heterocycles. The molecule has 0 saturated carbocycles. The largest absolute Gasteiger partial charge is 0.396 e. The Kier molecular flexibility index (Phi) is 6.49. The second-order valence-corrected chi connectivity index (χ2v) is 6.19. The fourth-order valence-corrected chi connectivity index (χ4v) is 3.11. The molecule has 0 fully saturated rings. The Hall–Kier alpha value is -1.75. The second-order valence-electron chi connectivity index (χ2n) is 5.38. The first-order chi connectivity index (χ1) is 11.5. The van der Waals surface area contributed by atoms with Crippen LogP contribution in [0.2, 0.25) is 10.0 Å². The highest BCUT2D eigenvalue weighted by molar-refractivity contribution is 6.39. The van der Waals surface area contributed by atoms with Crippen LogP contribution < -0.4 is 11.1 Å². The summed E-state index contributed by atoms with van der Waals surface area (Å²) < 4.78 is 0. The first kappa shape index (κ1) is 18.6. The summed E-state index contributed by atoms with van der Waals surface area (Å²) in [4.78, 5) is 15.0. The number of nitrogen functional groups attached to an aromatic ring is 1. The molecule has 2 rings (SSSR count). The van der Waals surface area contributed by atoms with Gasteiger partial charge in [0.1, 0.15) is 6.04 Å². The van der Waals surface area contributed by atoms with Gasteiger partial charge in [0.25, 0.3) is 0 Å². The number of likely N-dealkylation sites (N-methyl/N-ethyl adjacent to an activating group) is 1. The second kappa shape index (κ2) is 8.38. The SMILES string of the molecule is CCN(CC)C(C(=O)Nc1cc(Cl)c(N)c(Cl)c1)c1ccccc1. The van der Waals surface area contributed by atoms with E-state index >= 15 is 0 Å². The monoisotopic (exact) mass is 365 g/mol. The molecule has 0 heterocycles. The lowest BCUT2D eigenvalue weighted by atomic mass is 10.0. The molecule has 1 unspecified atom stereocenters. The molecular formula is C18H21Cl2N3O. The number of halogens is 2. The summed E-state index contributed by atoms with van der Waals surface area (Å²) in [5.74, 6) is -0.137. The first-order valence-electron chi connectivity index (χ1n) is 7.82. The summed E-state index contributed by atoms with van der Waals surface area (Å²) in [5, 5.41) is 3.53. The normalized spacial score (nSPS) is 12.2. The van der Waals surface area contributed by atoms with Gasteiger partial charge in [0.15, 0.2) is 0 Å². The number of nitrogens with zero attached hydrogens (tertiary/aromatic N) is 1. The Morgan fingerprint density at radius 3 is 2.17 bits per heavy atom. The summed E-state index contributed by atoms with van der Waals surface area (Å²) in [5.41, 5.74) is 7.51. The fourth-order valence-electron chi connectivity index (χ4n) is 2.62. The third-order valence-electron chi connectivity index (χ3n) is 3.89. The van der Waals surface area contributed by atoms with Gasteiger partial charge in [-0.1, -0.05) is 67.4 Å². The maximum atomic E-state index is 12.9. The minimum Gasteiger partial charge on any atom is -0.396 e. The zero-order chi connectivity index (χ0) is 17.7. The van der Waals surface area contributed by atoms with E-state index in [-0.39, 0.29) is 5.91 Å². The van der Waals surface area contributed by atoms with Crippen LogP contribution in [0.5, 0.6) is 0 Å². The molecule has 24 heavy (non-hydrogen) atoms. The van der Waals surface area contributed by atoms with E-state index < -0.39 is 6.04 Å². The van der Waals surface area contributed by atoms with Gasteiger partial charge >= 0.3 is 0 Å². The van der Waals surface area contributed by atoms with Crippen molar-refractivity contribution in [2.45, 2.75) is 19.9 Å². The Balaban J connectivity index is 2.31. The highest BCUT2D eigenvalue weighted by atomic mass is 35.5. The molecular weight excluding hydrogens is 345 g/mol. The maximum absolute atomic E-state index is 12.9. The minimum atomic E-state index is -0.392. The number of hydrogen-bond acceptors (Lipinski definition) is 3. The predicted octanol–water partition coefficient (Wildman–Crippen LogP) is 4.60. The molecule has 0 radical (unpaired) electrons. The van der Waals surface area contributed by atoms with Gasteiger partial charge in [0.05, 0.1) is 15.7 Å². The predicted molar refractivity (Wildman–Crippen MR) is 102 cm³/mol. The number of nitrogens with one attached hydrogen (secondary N) is 1. The molecule has 4 nitrogen and oxygen atoms in total. The van der Waals surface area contributed by atoms with Crippen LogP contribution in [-0.2, 0) is 4.79 Å². The number of hydrogen-bond donors (Lipinski definition) is 2. The average Bonchev–Trinajstić information content (AvgIpc) is 2.57. The van der Waals surface area contributed by atoms with Crippen molar-refractivity contribution in [1.82, 2.24) is 4.90 Å². The van der Waals surface area contributed by atoms with Crippen molar-refractivity contribution in [3.05, 3.63) is 58.1 Å². The standard InChI is InChI=1S/C18H21Cl2N3O/c1-3-23(4-2)17(12-8-6-5-7-9-12)18(24)22-13-10-14(19)16(21)15(20)11-13/h5-11,17H,3-4,21H2,1-2H3,(H,22,24). The molecule has 1 atom stereocenters. The molecule has 0 aromatic heterocycles. The topological polar surface area (TPSA) is 58.4 Å². The molecule has 0 saturated heterocycles. The fraction of sp³-hybridized carbons (Fsp3) is 0.278. The lowest BCUT2D eigenvalue weighted by Gasteiger charge is -2.29. The molecule has 0 bridgehead atoms. The lowest BCUT2D eigenvalue weighted by Crippen LogP contribution is -2.37. The molecule has 3 N–H and O–H groups in total. The Morgan fingerprint density at radius 2 is 1.67 bits per heavy atom. The van der Waals surface area contributed by atoms with Crippen LogP contribution in [0.3, 0.4) is 0 Å². The van der Waals surface area contributed by atoms with Gasteiger partial charge in [-0.3, -0.25) is 9.69 Å². The van der Waals surface area contributed by atoms with Crippen LogP contribution in [-0.4, -0.2) is 23.9 Å². The van der Waals surface area contributed by atoms with Gasteiger partial charge in [-0.05, 0) is 30.8 Å². The maximum Gasteiger partial charge on any atom is 0.246 e. The van der Waals surface area contributed by atoms with Gasteiger partial charge in [-0.25, -0.2) is 0 Å². The van der Waals surface area contributed by atoms with E-state index in [1.807, 2.05) is 44.2 Å². The van der Waals surface area contributed by atoms with Crippen molar-refractivity contribution in [2.24, 2.45) is 0 Å². The van der Waals surface area contributed by atoms with Gasteiger partial charge in [-0.2, -0.15) is 0 Å². The van der Waals surface area contributed by atoms with Crippen LogP contribution >= 0.6 is 23.2 Å². The number of nitrogens with two attached hydrogens (primary N) is 1. The molecule has 128 valence electrons. The zero-order valence-electron chi connectivity index (χ0n) is 13.7. The van der Waals surface area contributed by atoms with E-state index in [9.17, 15) is 4.79 Å². The molecule has 2 aromatic carbocycles. The molecule has 1 amide bonds. The third-order valence-corrected chi connectivity index (χ3v) is 4.51. The van der Waals surface area contributed by atoms with Gasteiger partial charge < -0.3 is 11.1 Å². The third kappa shape index (κ3) is 4.20. The molecule has 0 aliphatic carbocycles. The molecule has 0 spiro atoms. The van der Waals surface area contributed by atoms with Crippen molar-refractivity contribution < 1.29 is 4.79 Å². The van der Waals surface area contributed by atoms with Crippen molar-refractivity contribution in [3.8, 4) is 0 Å². The number of benzene rings is 2. The summed E-state index contributed by atoms with van der Waals surface area (Å²) in [6.45, 7) is 5.58. The number of carbonyl (C=O) groups excluding carboxylic acids is 1. The van der Waals surface area contributed by atoms with Crippen molar-refractivity contribution in [1.29, 1.82) is 0 Å². The van der Waals surface area contributed by atoms with Crippen LogP contribution in [0.1, 0.15) is 25.5 Å². The summed E-state index contributed by atoms with van der Waals surface area (Å²) >= 11 is 12.1. The summed E-state index contributed by atoms with van der Waals surface area (Å²) in [6, 6.07) is 12.5. The van der Waals surface area contributed by atoms with Crippen LogP contribution in [0.25, 0.3) is 0 Å². The van der Waals surface area contributed by atoms with E-state index in [0.717, 1.165) is 18.7 Å². The van der Waals surface area contributed by atoms with Crippen molar-refractivity contribution >= 4 is 40.5 Å². The minimum absolute atomic E-state index is 0.137. The molecule has 6 heteroatoms. The van der Waals surface area contributed by atoms with Crippen molar-refractivity contribution in [2.75, 3.05) is 24.1 Å². The first-order valence-corrected chi connectivity index (χ1v) is 8.57. The zero-order valence-corrected chi connectivity index (χ0v) is 15.2. The van der Waals surface area contributed by atoms with E-state index in [1.54, 1.807) is 12.1 Å². The van der Waals surface area contributed by atoms with Crippen molar-refractivity contribution in [3.63, 3.8) is 0 Å². The van der Waals surface area contributed by atoms with Gasteiger partial charge in [-0.15, -0.1) is 0 Å². The quantitative estimate of drug-likeness (QED) is 0.735. The Labute approximate surface area is 152 Å². The van der Waals surface area contributed by atoms with Gasteiger partial charge in [0, 0.05) is 5.69 Å². The van der Waals surface area contributed by atoms with Crippen LogP contribution in [0, 0.1) is 0 Å². The van der Waals surface area contributed by atoms with Crippen LogP contribution in [0.4, 0.5) is 11.4 Å². The number of amides is 1. The number of rotatable bonds is 6. The average molecular weight is 366 g/mol. The van der Waals surface area contributed by atoms with Gasteiger partial charge in [0.2, 0.25) is 5.91 Å². The highest BCUT2D eigenvalue weighted by Crippen LogP contribution is 2.32. The Bertz CT molecular complexity index is 680. The van der Waals surface area contributed by atoms with Crippen LogP contribution in [0.15, 0.2) is 42.5 Å². The Morgan fingerprint density at radius 1 is 1.12 bits per heavy atom. The molecule has 2 aromatic rings. The summed E-state index contributed by atoms with van der Waals surface area (Å²) in [7, 11) is 0. The smallest absolute Gasteiger partial charge is 0.246 e. The number of anilines is 2. The highest BCUT2D eigenvalue weighted by Gasteiger charge is 2.26. The summed E-state index contributed by atoms with van der Waals surface area (Å²) in [6.07, 6.45) is 0. The van der Waals surface area contributed by atoms with E-state index in [2.05, 4.69) is 10.2 Å². The van der Waals surface area contributed by atoms with E-state index in [0.29, 0.717) is 21.4 Å². The van der Waals surface area contributed by atoms with E-state index in [4.69, 9.17) is 28.9 Å².